The summed E-state index contributed by atoms with van der Waals surface area (Å²) in [5.74, 6) is -0.0446. The lowest BCUT2D eigenvalue weighted by Gasteiger charge is -2.07. The largest absolute Gasteiger partial charge is 0.397 e. The van der Waals surface area contributed by atoms with Crippen LogP contribution >= 0.6 is 11.6 Å². The van der Waals surface area contributed by atoms with Crippen molar-refractivity contribution < 1.29 is 9.53 Å². The summed E-state index contributed by atoms with van der Waals surface area (Å²) in [6.07, 6.45) is 2.15. The Labute approximate surface area is 112 Å². The zero-order valence-corrected chi connectivity index (χ0v) is 11.3. The van der Waals surface area contributed by atoms with Crippen molar-refractivity contribution in [1.82, 2.24) is 0 Å². The SMILES string of the molecule is CCCOCCCC(=O)Nc1ccc(Cl)c(N)c1. The zero-order chi connectivity index (χ0) is 13.4. The van der Waals surface area contributed by atoms with Gasteiger partial charge in [-0.05, 0) is 31.0 Å². The van der Waals surface area contributed by atoms with Gasteiger partial charge in [-0.2, -0.15) is 0 Å². The fourth-order valence-corrected chi connectivity index (χ4v) is 1.54. The van der Waals surface area contributed by atoms with E-state index in [1.54, 1.807) is 18.2 Å². The summed E-state index contributed by atoms with van der Waals surface area (Å²) in [7, 11) is 0. The molecule has 1 aromatic carbocycles. The summed E-state index contributed by atoms with van der Waals surface area (Å²) in [4.78, 5) is 11.6. The molecule has 3 N–H and O–H groups in total. The number of hydrogen-bond acceptors (Lipinski definition) is 3. The van der Waals surface area contributed by atoms with E-state index in [9.17, 15) is 4.79 Å². The topological polar surface area (TPSA) is 64.3 Å². The Kier molecular flexibility index (Phi) is 6.54. The maximum atomic E-state index is 11.6. The number of ether oxygens (including phenoxy) is 1. The minimum Gasteiger partial charge on any atom is -0.397 e. The van der Waals surface area contributed by atoms with E-state index in [0.29, 0.717) is 29.4 Å². The van der Waals surface area contributed by atoms with Crippen LogP contribution in [0.25, 0.3) is 0 Å². The summed E-state index contributed by atoms with van der Waals surface area (Å²) >= 11 is 5.80. The van der Waals surface area contributed by atoms with Crippen LogP contribution in [-0.2, 0) is 9.53 Å². The Bertz CT molecular complexity index is 397. The summed E-state index contributed by atoms with van der Waals surface area (Å²) in [5, 5.41) is 3.25. The molecule has 0 aliphatic rings. The van der Waals surface area contributed by atoms with Crippen LogP contribution in [0.4, 0.5) is 11.4 Å². The minimum absolute atomic E-state index is 0.0446. The quantitative estimate of drug-likeness (QED) is 0.591. The van der Waals surface area contributed by atoms with Gasteiger partial charge in [0.25, 0.3) is 0 Å². The molecule has 0 fully saturated rings. The molecule has 1 rings (SSSR count). The smallest absolute Gasteiger partial charge is 0.224 e. The van der Waals surface area contributed by atoms with Crippen LogP contribution in [-0.4, -0.2) is 19.1 Å². The first-order chi connectivity index (χ1) is 8.63. The lowest BCUT2D eigenvalue weighted by atomic mass is 10.2. The van der Waals surface area contributed by atoms with Crippen LogP contribution in [0.2, 0.25) is 5.02 Å². The van der Waals surface area contributed by atoms with E-state index in [2.05, 4.69) is 12.2 Å². The van der Waals surface area contributed by atoms with E-state index in [1.165, 1.54) is 0 Å². The number of carbonyl (C=O) groups excluding carboxylic acids is 1. The Morgan fingerprint density at radius 2 is 2.22 bits per heavy atom. The van der Waals surface area contributed by atoms with Crippen LogP contribution in [0.3, 0.4) is 0 Å². The van der Waals surface area contributed by atoms with E-state index in [1.807, 2.05) is 0 Å². The Hall–Kier alpha value is -1.26. The molecule has 0 spiro atoms. The van der Waals surface area contributed by atoms with Gasteiger partial charge in [-0.1, -0.05) is 18.5 Å². The van der Waals surface area contributed by atoms with E-state index in [0.717, 1.165) is 19.4 Å². The van der Waals surface area contributed by atoms with Gasteiger partial charge >= 0.3 is 0 Å². The third-order valence-electron chi connectivity index (χ3n) is 2.32. The van der Waals surface area contributed by atoms with Gasteiger partial charge in [0.15, 0.2) is 0 Å². The molecule has 100 valence electrons. The van der Waals surface area contributed by atoms with Gasteiger partial charge in [-0.3, -0.25) is 4.79 Å². The van der Waals surface area contributed by atoms with Crippen molar-refractivity contribution in [1.29, 1.82) is 0 Å². The molecule has 1 amide bonds. The molecule has 0 saturated carbocycles. The van der Waals surface area contributed by atoms with Crippen molar-refractivity contribution in [2.75, 3.05) is 24.3 Å². The molecular formula is C13H19ClN2O2. The van der Waals surface area contributed by atoms with Crippen LogP contribution in [0.1, 0.15) is 26.2 Å². The zero-order valence-electron chi connectivity index (χ0n) is 10.5. The predicted molar refractivity (Wildman–Crippen MR) is 74.8 cm³/mol. The molecule has 0 heterocycles. The Morgan fingerprint density at radius 1 is 1.44 bits per heavy atom. The molecule has 5 heteroatoms. The monoisotopic (exact) mass is 270 g/mol. The van der Waals surface area contributed by atoms with Crippen molar-refractivity contribution in [2.24, 2.45) is 0 Å². The summed E-state index contributed by atoms with van der Waals surface area (Å²) in [6, 6.07) is 5.04. The van der Waals surface area contributed by atoms with Crippen LogP contribution in [0, 0.1) is 0 Å². The van der Waals surface area contributed by atoms with Gasteiger partial charge in [-0.25, -0.2) is 0 Å². The van der Waals surface area contributed by atoms with E-state index in [4.69, 9.17) is 22.1 Å². The highest BCUT2D eigenvalue weighted by molar-refractivity contribution is 6.33. The maximum Gasteiger partial charge on any atom is 0.224 e. The summed E-state index contributed by atoms with van der Waals surface area (Å²) < 4.78 is 5.30. The second-order valence-electron chi connectivity index (χ2n) is 4.00. The summed E-state index contributed by atoms with van der Waals surface area (Å²) in [5.41, 5.74) is 6.77. The molecule has 0 unspecified atom stereocenters. The lowest BCUT2D eigenvalue weighted by Crippen LogP contribution is -2.12. The normalized spacial score (nSPS) is 10.3. The Balaban J connectivity index is 2.29. The van der Waals surface area contributed by atoms with E-state index >= 15 is 0 Å². The Morgan fingerprint density at radius 3 is 2.89 bits per heavy atom. The molecule has 4 nitrogen and oxygen atoms in total. The number of rotatable bonds is 7. The average Bonchev–Trinajstić information content (AvgIpc) is 2.34. The van der Waals surface area contributed by atoms with E-state index in [-0.39, 0.29) is 5.91 Å². The molecule has 1 aromatic rings. The maximum absolute atomic E-state index is 11.6. The number of halogens is 1. The first-order valence-corrected chi connectivity index (χ1v) is 6.44. The van der Waals surface area contributed by atoms with Crippen LogP contribution in [0.15, 0.2) is 18.2 Å². The first kappa shape index (κ1) is 14.8. The fraction of sp³-hybridized carbons (Fsp3) is 0.462. The molecule has 0 saturated heterocycles. The molecule has 0 radical (unpaired) electrons. The molecule has 0 atom stereocenters. The fourth-order valence-electron chi connectivity index (χ4n) is 1.43. The second-order valence-corrected chi connectivity index (χ2v) is 4.41. The first-order valence-electron chi connectivity index (χ1n) is 6.06. The summed E-state index contributed by atoms with van der Waals surface area (Å²) in [6.45, 7) is 3.41. The van der Waals surface area contributed by atoms with Crippen molar-refractivity contribution in [3.63, 3.8) is 0 Å². The number of carbonyl (C=O) groups is 1. The van der Waals surface area contributed by atoms with Crippen molar-refractivity contribution in [3.05, 3.63) is 23.2 Å². The molecule has 18 heavy (non-hydrogen) atoms. The van der Waals surface area contributed by atoms with Gasteiger partial charge < -0.3 is 15.8 Å². The number of anilines is 2. The average molecular weight is 271 g/mol. The van der Waals surface area contributed by atoms with E-state index < -0.39 is 0 Å². The molecule has 0 aliphatic heterocycles. The number of nitrogen functional groups attached to an aromatic ring is 1. The van der Waals surface area contributed by atoms with Crippen molar-refractivity contribution >= 4 is 28.9 Å². The van der Waals surface area contributed by atoms with Gasteiger partial charge in [0.2, 0.25) is 5.91 Å². The highest BCUT2D eigenvalue weighted by Crippen LogP contribution is 2.22. The highest BCUT2D eigenvalue weighted by atomic mass is 35.5. The van der Waals surface area contributed by atoms with Gasteiger partial charge in [-0.15, -0.1) is 0 Å². The molecule has 0 aromatic heterocycles. The standard InChI is InChI=1S/C13H19ClN2O2/c1-2-7-18-8-3-4-13(17)16-10-5-6-11(14)12(15)9-10/h5-6,9H,2-4,7-8,15H2,1H3,(H,16,17). The number of benzene rings is 1. The minimum atomic E-state index is -0.0446. The van der Waals surface area contributed by atoms with Gasteiger partial charge in [0.05, 0.1) is 10.7 Å². The highest BCUT2D eigenvalue weighted by Gasteiger charge is 2.04. The van der Waals surface area contributed by atoms with Gasteiger partial charge in [0.1, 0.15) is 0 Å². The number of amides is 1. The third-order valence-corrected chi connectivity index (χ3v) is 2.66. The molecule has 0 aliphatic carbocycles. The predicted octanol–water partition coefficient (Wildman–Crippen LogP) is 3.07. The number of nitrogens with two attached hydrogens (primary N) is 1. The third kappa shape index (κ3) is 5.38. The van der Waals surface area contributed by atoms with Crippen molar-refractivity contribution in [2.45, 2.75) is 26.2 Å². The van der Waals surface area contributed by atoms with Crippen LogP contribution < -0.4 is 11.1 Å². The van der Waals surface area contributed by atoms with Crippen LogP contribution in [0.5, 0.6) is 0 Å². The van der Waals surface area contributed by atoms with Gasteiger partial charge in [0, 0.05) is 25.3 Å². The lowest BCUT2D eigenvalue weighted by molar-refractivity contribution is -0.116. The second kappa shape index (κ2) is 7.95. The number of hydrogen-bond donors (Lipinski definition) is 2. The molecule has 0 bridgehead atoms. The van der Waals surface area contributed by atoms with Crippen molar-refractivity contribution in [3.8, 4) is 0 Å². The molecular weight excluding hydrogens is 252 g/mol. The number of nitrogens with one attached hydrogen (secondary N) is 1.